The molecule has 1 aromatic heterocycles. The van der Waals surface area contributed by atoms with Crippen LogP contribution in [0.3, 0.4) is 0 Å². The molecule has 1 N–H and O–H groups in total. The van der Waals surface area contributed by atoms with Crippen molar-refractivity contribution in [3.8, 4) is 0 Å². The van der Waals surface area contributed by atoms with Gasteiger partial charge in [0.1, 0.15) is 4.90 Å². The number of amides is 2. The number of pyridine rings is 1. The summed E-state index contributed by atoms with van der Waals surface area (Å²) in [6.45, 7) is -0.716. The predicted octanol–water partition coefficient (Wildman–Crippen LogP) is -1.27. The smallest absolute Gasteiger partial charge is 0.245 e. The van der Waals surface area contributed by atoms with Crippen molar-refractivity contribution in [2.24, 2.45) is 0 Å². The van der Waals surface area contributed by atoms with Crippen LogP contribution in [0.5, 0.6) is 0 Å². The highest BCUT2D eigenvalue weighted by molar-refractivity contribution is 7.89. The van der Waals surface area contributed by atoms with Gasteiger partial charge in [-0.25, -0.2) is 8.42 Å². The number of sulfonamides is 1. The van der Waals surface area contributed by atoms with Gasteiger partial charge in [0.15, 0.2) is 0 Å². The van der Waals surface area contributed by atoms with E-state index in [4.69, 9.17) is 0 Å². The van der Waals surface area contributed by atoms with Crippen LogP contribution >= 0.6 is 0 Å². The van der Waals surface area contributed by atoms with E-state index in [-0.39, 0.29) is 18.0 Å². The second-order valence-electron chi connectivity index (χ2n) is 3.43. The van der Waals surface area contributed by atoms with E-state index in [1.54, 1.807) is 0 Å². The Morgan fingerprint density at radius 3 is 2.41 bits per heavy atom. The number of aromatic nitrogens is 1. The first-order valence-corrected chi connectivity index (χ1v) is 6.17. The summed E-state index contributed by atoms with van der Waals surface area (Å²) in [7, 11) is -3.84. The monoisotopic (exact) mass is 255 g/mol. The van der Waals surface area contributed by atoms with E-state index in [2.05, 4.69) is 4.98 Å². The number of carbonyl (C=O) groups excluding carboxylic acids is 2. The summed E-state index contributed by atoms with van der Waals surface area (Å²) < 4.78 is 24.9. The van der Waals surface area contributed by atoms with Crippen molar-refractivity contribution < 1.29 is 18.0 Å². The van der Waals surface area contributed by atoms with Gasteiger partial charge < -0.3 is 0 Å². The van der Waals surface area contributed by atoms with Gasteiger partial charge in [-0.2, -0.15) is 4.31 Å². The van der Waals surface area contributed by atoms with Crippen LogP contribution in [0.4, 0.5) is 0 Å². The van der Waals surface area contributed by atoms with Gasteiger partial charge in [-0.1, -0.05) is 0 Å². The van der Waals surface area contributed by atoms with Crippen LogP contribution in [0.1, 0.15) is 0 Å². The first kappa shape index (κ1) is 11.7. The van der Waals surface area contributed by atoms with Crippen LogP contribution in [-0.4, -0.2) is 42.6 Å². The fraction of sp³-hybridized carbons (Fsp3) is 0.222. The zero-order valence-electron chi connectivity index (χ0n) is 8.66. The number of nitrogens with zero attached hydrogens (tertiary/aromatic N) is 2. The molecule has 0 spiro atoms. The number of hydrogen-bond donors (Lipinski definition) is 1. The number of nitrogens with one attached hydrogen (secondary N) is 1. The zero-order valence-corrected chi connectivity index (χ0v) is 9.48. The van der Waals surface area contributed by atoms with E-state index >= 15 is 0 Å². The summed E-state index contributed by atoms with van der Waals surface area (Å²) >= 11 is 0. The fourth-order valence-corrected chi connectivity index (χ4v) is 2.75. The summed E-state index contributed by atoms with van der Waals surface area (Å²) in [6.07, 6.45) is 2.61. The minimum absolute atomic E-state index is 0.0394. The Hall–Kier alpha value is -1.80. The van der Waals surface area contributed by atoms with Crippen molar-refractivity contribution in [1.29, 1.82) is 0 Å². The second-order valence-corrected chi connectivity index (χ2v) is 5.37. The molecule has 0 saturated carbocycles. The average Bonchev–Trinajstić information content (AvgIpc) is 2.29. The van der Waals surface area contributed by atoms with E-state index in [1.807, 2.05) is 5.32 Å². The number of carbonyl (C=O) groups is 2. The maximum Gasteiger partial charge on any atom is 0.245 e. The quantitative estimate of drug-likeness (QED) is 0.664. The molecule has 2 heterocycles. The molecule has 0 radical (unpaired) electrons. The number of hydrogen-bond acceptors (Lipinski definition) is 5. The van der Waals surface area contributed by atoms with Gasteiger partial charge in [0.05, 0.1) is 13.1 Å². The normalized spacial score (nSPS) is 17.9. The fourth-order valence-electron chi connectivity index (χ4n) is 1.43. The molecule has 1 saturated heterocycles. The highest BCUT2D eigenvalue weighted by Crippen LogP contribution is 2.14. The Morgan fingerprint density at radius 2 is 1.88 bits per heavy atom. The van der Waals surface area contributed by atoms with Crippen LogP contribution in [0.2, 0.25) is 0 Å². The molecule has 17 heavy (non-hydrogen) atoms. The molecular formula is C9H9N3O4S. The summed E-state index contributed by atoms with van der Waals surface area (Å²) in [6, 6.07) is 2.83. The molecule has 2 amide bonds. The van der Waals surface area contributed by atoms with Gasteiger partial charge in [-0.15, -0.1) is 0 Å². The lowest BCUT2D eigenvalue weighted by Gasteiger charge is -2.24. The van der Waals surface area contributed by atoms with E-state index < -0.39 is 21.8 Å². The van der Waals surface area contributed by atoms with Crippen LogP contribution < -0.4 is 5.32 Å². The number of imide groups is 1. The highest BCUT2D eigenvalue weighted by Gasteiger charge is 2.32. The molecule has 0 bridgehead atoms. The van der Waals surface area contributed by atoms with Crippen molar-refractivity contribution in [3.63, 3.8) is 0 Å². The second kappa shape index (κ2) is 4.22. The van der Waals surface area contributed by atoms with Crippen LogP contribution in [-0.2, 0) is 19.6 Å². The third-order valence-electron chi connectivity index (χ3n) is 2.19. The van der Waals surface area contributed by atoms with Gasteiger partial charge in [0.2, 0.25) is 21.8 Å². The maximum absolute atomic E-state index is 12.0. The van der Waals surface area contributed by atoms with Gasteiger partial charge >= 0.3 is 0 Å². The predicted molar refractivity (Wildman–Crippen MR) is 56.1 cm³/mol. The Balaban J connectivity index is 2.33. The van der Waals surface area contributed by atoms with Crippen LogP contribution in [0.25, 0.3) is 0 Å². The third kappa shape index (κ3) is 2.32. The molecule has 0 aliphatic carbocycles. The Kier molecular flexibility index (Phi) is 2.90. The lowest BCUT2D eigenvalue weighted by molar-refractivity contribution is -0.134. The first-order valence-electron chi connectivity index (χ1n) is 4.73. The van der Waals surface area contributed by atoms with Gasteiger partial charge in [-0.3, -0.25) is 19.9 Å². The zero-order chi connectivity index (χ0) is 12.5. The largest absolute Gasteiger partial charge is 0.294 e. The highest BCUT2D eigenvalue weighted by atomic mass is 32.2. The molecule has 0 unspecified atom stereocenters. The van der Waals surface area contributed by atoms with Gasteiger partial charge in [0.25, 0.3) is 0 Å². The molecule has 1 aliphatic rings. The molecule has 1 aromatic rings. The molecule has 1 aliphatic heterocycles. The molecule has 1 fully saturated rings. The number of piperazine rings is 1. The summed E-state index contributed by atoms with van der Waals surface area (Å²) in [5, 5.41) is 2.03. The first-order chi connectivity index (χ1) is 8.00. The van der Waals surface area contributed by atoms with E-state index in [1.165, 1.54) is 24.5 Å². The standard InChI is InChI=1S/C9H9N3O4S/c13-8-5-12(6-9(14)11-8)17(15,16)7-2-1-3-10-4-7/h1-4H,5-6H2,(H,11,13,14). The van der Waals surface area contributed by atoms with Crippen LogP contribution in [0.15, 0.2) is 29.4 Å². The summed E-state index contributed by atoms with van der Waals surface area (Å²) in [4.78, 5) is 25.9. The molecule has 0 aromatic carbocycles. The summed E-state index contributed by atoms with van der Waals surface area (Å²) in [5.74, 6) is -1.26. The Morgan fingerprint density at radius 1 is 1.24 bits per heavy atom. The van der Waals surface area contributed by atoms with Crippen molar-refractivity contribution in [1.82, 2.24) is 14.6 Å². The number of rotatable bonds is 2. The average molecular weight is 255 g/mol. The van der Waals surface area contributed by atoms with E-state index in [0.29, 0.717) is 0 Å². The van der Waals surface area contributed by atoms with E-state index in [0.717, 1.165) is 4.31 Å². The van der Waals surface area contributed by atoms with Crippen molar-refractivity contribution in [2.75, 3.05) is 13.1 Å². The Bertz CT molecular complexity index is 539. The van der Waals surface area contributed by atoms with Gasteiger partial charge in [-0.05, 0) is 12.1 Å². The molecule has 0 atom stereocenters. The van der Waals surface area contributed by atoms with Crippen LogP contribution in [0, 0.1) is 0 Å². The topological polar surface area (TPSA) is 96.4 Å². The Labute approximate surface area is 97.5 Å². The van der Waals surface area contributed by atoms with E-state index in [9.17, 15) is 18.0 Å². The third-order valence-corrected chi connectivity index (χ3v) is 3.97. The minimum Gasteiger partial charge on any atom is -0.294 e. The lowest BCUT2D eigenvalue weighted by Crippen LogP contribution is -2.53. The van der Waals surface area contributed by atoms with Gasteiger partial charge in [0, 0.05) is 12.4 Å². The minimum atomic E-state index is -3.84. The van der Waals surface area contributed by atoms with Crippen molar-refractivity contribution in [3.05, 3.63) is 24.5 Å². The molecular weight excluding hydrogens is 246 g/mol. The van der Waals surface area contributed by atoms with Crippen molar-refractivity contribution >= 4 is 21.8 Å². The molecule has 90 valence electrons. The summed E-state index contributed by atoms with van der Waals surface area (Å²) in [5.41, 5.74) is 0. The molecule has 8 heteroatoms. The maximum atomic E-state index is 12.0. The molecule has 2 rings (SSSR count). The molecule has 7 nitrogen and oxygen atoms in total. The van der Waals surface area contributed by atoms with Crippen molar-refractivity contribution in [2.45, 2.75) is 4.90 Å². The SMILES string of the molecule is O=C1CN(S(=O)(=O)c2cccnc2)CC(=O)N1. The lowest BCUT2D eigenvalue weighted by atomic mass is 10.4.